The number of fused-ring (bicyclic) bond motifs is 1. The van der Waals surface area contributed by atoms with Crippen molar-refractivity contribution in [3.05, 3.63) is 75.4 Å². The van der Waals surface area contributed by atoms with Crippen molar-refractivity contribution in [2.24, 2.45) is 0 Å². The van der Waals surface area contributed by atoms with Crippen LogP contribution in [0.2, 0.25) is 0 Å². The Bertz CT molecular complexity index is 1630. The maximum atomic E-state index is 14.0. The third-order valence-electron chi connectivity index (χ3n) is 8.71. The first-order valence-electron chi connectivity index (χ1n) is 15.2. The molecule has 13 nitrogen and oxygen atoms in total. The number of halogens is 2. The van der Waals surface area contributed by atoms with Crippen molar-refractivity contribution in [3.8, 4) is 5.75 Å². The van der Waals surface area contributed by atoms with Crippen LogP contribution in [-0.4, -0.2) is 103 Å². The molecule has 5 amide bonds. The molecule has 0 unspecified atom stereocenters. The Morgan fingerprint density at radius 1 is 0.957 bits per heavy atom. The molecule has 0 spiro atoms. The number of piperidine rings is 1. The molecule has 0 aliphatic carbocycles. The highest BCUT2D eigenvalue weighted by atomic mass is 79.9. The van der Waals surface area contributed by atoms with Crippen molar-refractivity contribution in [3.63, 3.8) is 0 Å². The average molecular weight is 794 g/mol. The Balaban J connectivity index is 1.13. The summed E-state index contributed by atoms with van der Waals surface area (Å²) in [4.78, 5) is 50.4. The standard InChI is InChI=1S/C31H35Br2N7O6S/c32-23-17-20(18-24(33)28(23)41)19-26(29(42)38-15-13-37(14-16-38)21-5-9-34-10-6-21)36-30(43)39-11-7-22(8-12-39)40-31(44)35-25-3-1-2-4-27(25)47(40,45)46/h1-6,9-10,17-18,22,26,41,45-46H,7-8,11-16,19H2,(H,35,44)(H,36,43)/t26-/m1/s1. The number of nitrogens with one attached hydrogen (secondary N) is 2. The quantitative estimate of drug-likeness (QED) is 0.224. The van der Waals surface area contributed by atoms with E-state index in [0.29, 0.717) is 53.7 Å². The summed E-state index contributed by atoms with van der Waals surface area (Å²) in [5.74, 6) is -0.168. The number of rotatable bonds is 6. The third kappa shape index (κ3) is 7.02. The minimum Gasteiger partial charge on any atom is -0.506 e. The fourth-order valence-electron chi connectivity index (χ4n) is 6.25. The summed E-state index contributed by atoms with van der Waals surface area (Å²) in [6.07, 6.45) is 4.32. The number of piperazine rings is 1. The van der Waals surface area contributed by atoms with Gasteiger partial charge in [0.2, 0.25) is 5.91 Å². The molecule has 16 heteroatoms. The van der Waals surface area contributed by atoms with Gasteiger partial charge in [-0.05, 0) is 86.7 Å². The van der Waals surface area contributed by atoms with E-state index in [2.05, 4.69) is 52.4 Å². The molecule has 3 aliphatic heterocycles. The number of amides is 5. The molecule has 2 aromatic carbocycles. The Kier molecular flexibility index (Phi) is 9.85. The number of phenols is 1. The van der Waals surface area contributed by atoms with Crippen LogP contribution in [0.4, 0.5) is 21.0 Å². The molecule has 1 aromatic heterocycles. The molecule has 6 rings (SSSR count). The number of hydrogen-bond acceptors (Lipinski definition) is 8. The van der Waals surface area contributed by atoms with Crippen LogP contribution in [0.25, 0.3) is 0 Å². The van der Waals surface area contributed by atoms with Gasteiger partial charge >= 0.3 is 12.1 Å². The molecule has 5 N–H and O–H groups in total. The van der Waals surface area contributed by atoms with E-state index in [1.165, 1.54) is 0 Å². The zero-order valence-corrected chi connectivity index (χ0v) is 29.2. The fraction of sp³-hybridized carbons (Fsp3) is 0.355. The maximum absolute atomic E-state index is 14.0. The molecule has 3 aromatic rings. The third-order valence-corrected chi connectivity index (χ3v) is 11.9. The van der Waals surface area contributed by atoms with E-state index in [1.54, 1.807) is 58.6 Å². The Labute approximate surface area is 290 Å². The maximum Gasteiger partial charge on any atom is 0.340 e. The number of aromatic nitrogens is 1. The number of anilines is 2. The molecule has 1 atom stereocenters. The van der Waals surface area contributed by atoms with Gasteiger partial charge in [0, 0.05) is 63.8 Å². The topological polar surface area (TPSA) is 162 Å². The molecule has 4 heterocycles. The minimum absolute atomic E-state index is 0.0401. The van der Waals surface area contributed by atoms with Crippen LogP contribution in [0.15, 0.2) is 74.8 Å². The number of urea groups is 2. The van der Waals surface area contributed by atoms with Crippen molar-refractivity contribution in [2.75, 3.05) is 49.5 Å². The molecule has 2 saturated heterocycles. The Morgan fingerprint density at radius 2 is 1.60 bits per heavy atom. The van der Waals surface area contributed by atoms with E-state index in [9.17, 15) is 28.6 Å². The first-order valence-corrected chi connectivity index (χ1v) is 18.3. The summed E-state index contributed by atoms with van der Waals surface area (Å²) in [5, 5.41) is 15.9. The van der Waals surface area contributed by atoms with Gasteiger partial charge in [0.15, 0.2) is 0 Å². The van der Waals surface area contributed by atoms with E-state index < -0.39 is 34.9 Å². The monoisotopic (exact) mass is 791 g/mol. The lowest BCUT2D eigenvalue weighted by molar-refractivity contribution is -0.133. The molecule has 3 aliphatic rings. The van der Waals surface area contributed by atoms with Gasteiger partial charge in [0.05, 0.1) is 20.7 Å². The van der Waals surface area contributed by atoms with Crippen LogP contribution in [0, 0.1) is 0 Å². The first kappa shape index (κ1) is 33.3. The summed E-state index contributed by atoms with van der Waals surface area (Å²) in [6.45, 7) is 2.73. The van der Waals surface area contributed by atoms with Crippen molar-refractivity contribution < 1.29 is 28.6 Å². The summed E-state index contributed by atoms with van der Waals surface area (Å²) in [5.41, 5.74) is 2.13. The highest BCUT2D eigenvalue weighted by Crippen LogP contribution is 2.58. The number of aromatic hydroxyl groups is 1. The number of benzene rings is 2. The normalized spacial score (nSPS) is 19.4. The van der Waals surface area contributed by atoms with Gasteiger partial charge in [-0.3, -0.25) is 18.9 Å². The van der Waals surface area contributed by atoms with E-state index in [-0.39, 0.29) is 36.1 Å². The molecule has 2 fully saturated rings. The molecular formula is C31H35Br2N7O6S. The fourth-order valence-corrected chi connectivity index (χ4v) is 9.32. The van der Waals surface area contributed by atoms with Crippen molar-refractivity contribution in [1.82, 2.24) is 24.4 Å². The predicted octanol–water partition coefficient (Wildman–Crippen LogP) is 5.32. The lowest BCUT2D eigenvalue weighted by Crippen LogP contribution is -2.58. The number of likely N-dealkylation sites (tertiary alicyclic amines) is 1. The second-order valence-corrected chi connectivity index (χ2v) is 15.2. The van der Waals surface area contributed by atoms with Gasteiger partial charge in [-0.15, -0.1) is 0 Å². The number of carbonyl (C=O) groups excluding carboxylic acids is 3. The van der Waals surface area contributed by atoms with Crippen molar-refractivity contribution in [2.45, 2.75) is 36.2 Å². The second kappa shape index (κ2) is 13.9. The highest BCUT2D eigenvalue weighted by Gasteiger charge is 2.43. The largest absolute Gasteiger partial charge is 0.506 e. The number of pyridine rings is 1. The number of para-hydroxylation sites is 1. The van der Waals surface area contributed by atoms with Crippen LogP contribution in [0.5, 0.6) is 5.75 Å². The summed E-state index contributed by atoms with van der Waals surface area (Å²) >= 11 is 6.71. The molecule has 0 bridgehead atoms. The van der Waals surface area contributed by atoms with Crippen LogP contribution in [0.3, 0.4) is 0 Å². The van der Waals surface area contributed by atoms with Crippen molar-refractivity contribution in [1.29, 1.82) is 0 Å². The number of phenolic OH excluding ortho intramolecular Hbond substituents is 1. The summed E-state index contributed by atoms with van der Waals surface area (Å²) in [7, 11) is -3.56. The van der Waals surface area contributed by atoms with Gasteiger partial charge in [-0.1, -0.05) is 22.9 Å². The lowest BCUT2D eigenvalue weighted by Gasteiger charge is -2.51. The highest BCUT2D eigenvalue weighted by molar-refractivity contribution is 9.11. The Hall–Kier alpha value is -3.57. The summed E-state index contributed by atoms with van der Waals surface area (Å²) in [6, 6.07) is 11.5. The van der Waals surface area contributed by atoms with E-state index >= 15 is 0 Å². The Morgan fingerprint density at radius 3 is 2.26 bits per heavy atom. The SMILES string of the molecule is O=C(N[C@H](Cc1cc(Br)c(O)c(Br)c1)C(=O)N1CCN(c2ccncc2)CC1)N1CCC(N2C(=O)Nc3ccccc3S2(O)O)CC1. The van der Waals surface area contributed by atoms with Gasteiger partial charge < -0.3 is 30.4 Å². The van der Waals surface area contributed by atoms with Crippen LogP contribution < -0.4 is 15.5 Å². The molecular weight excluding hydrogens is 758 g/mol. The van der Waals surface area contributed by atoms with Gasteiger partial charge in [0.25, 0.3) is 0 Å². The predicted molar refractivity (Wildman–Crippen MR) is 186 cm³/mol. The molecule has 0 radical (unpaired) electrons. The second-order valence-electron chi connectivity index (χ2n) is 11.6. The van der Waals surface area contributed by atoms with Crippen LogP contribution in [-0.2, 0) is 11.2 Å². The van der Waals surface area contributed by atoms with E-state index in [1.807, 2.05) is 12.1 Å². The van der Waals surface area contributed by atoms with Gasteiger partial charge in [-0.25, -0.2) is 13.9 Å². The van der Waals surface area contributed by atoms with Crippen molar-refractivity contribution >= 4 is 72.0 Å². The lowest BCUT2D eigenvalue weighted by atomic mass is 10.0. The van der Waals surface area contributed by atoms with Gasteiger partial charge in [0.1, 0.15) is 16.7 Å². The molecule has 250 valence electrons. The number of nitrogens with zero attached hydrogens (tertiary/aromatic N) is 5. The van der Waals surface area contributed by atoms with Crippen LogP contribution >= 0.6 is 42.6 Å². The van der Waals surface area contributed by atoms with E-state index in [4.69, 9.17) is 0 Å². The number of carbonyl (C=O) groups is 3. The van der Waals surface area contributed by atoms with Gasteiger partial charge in [-0.2, -0.15) is 0 Å². The average Bonchev–Trinajstić information content (AvgIpc) is 3.07. The zero-order chi connectivity index (χ0) is 33.3. The summed E-state index contributed by atoms with van der Waals surface area (Å²) < 4.78 is 24.2. The first-order chi connectivity index (χ1) is 22.5. The van der Waals surface area contributed by atoms with E-state index in [0.717, 1.165) is 15.6 Å². The molecule has 0 saturated carbocycles. The number of hydrogen-bond donors (Lipinski definition) is 5. The van der Waals surface area contributed by atoms with Crippen LogP contribution in [0.1, 0.15) is 18.4 Å². The zero-order valence-electron chi connectivity index (χ0n) is 25.3. The minimum atomic E-state index is -3.56. The smallest absolute Gasteiger partial charge is 0.340 e. The molecule has 47 heavy (non-hydrogen) atoms.